The molecule has 0 amide bonds. The predicted molar refractivity (Wildman–Crippen MR) is 68.6 cm³/mol. The number of nitrogens with zero attached hydrogens (tertiary/aromatic N) is 1. The largest absolute Gasteiger partial charge is 0.478 e. The Hall–Kier alpha value is -1.58. The van der Waals surface area contributed by atoms with Crippen LogP contribution in [0.1, 0.15) is 36.5 Å². The molecule has 1 saturated heterocycles. The lowest BCUT2D eigenvalue weighted by Crippen LogP contribution is -2.33. The van der Waals surface area contributed by atoms with Gasteiger partial charge >= 0.3 is 5.97 Å². The average molecular weight is 251 g/mol. The summed E-state index contributed by atoms with van der Waals surface area (Å²) in [7, 11) is 0. The SMILES string of the molecule is CCC1CCN(c2ccc(C(=O)O)c(F)c2)CC1. The van der Waals surface area contributed by atoms with Gasteiger partial charge in [0.2, 0.25) is 0 Å². The maximum absolute atomic E-state index is 13.6. The van der Waals surface area contributed by atoms with Crippen molar-refractivity contribution in [2.24, 2.45) is 5.92 Å². The second-order valence-electron chi connectivity index (χ2n) is 4.81. The first kappa shape index (κ1) is 12.9. The summed E-state index contributed by atoms with van der Waals surface area (Å²) in [5, 5.41) is 8.78. The van der Waals surface area contributed by atoms with Gasteiger partial charge in [-0.2, -0.15) is 0 Å². The fourth-order valence-electron chi connectivity index (χ4n) is 2.47. The molecule has 3 nitrogen and oxygen atoms in total. The van der Waals surface area contributed by atoms with Crippen molar-refractivity contribution in [3.8, 4) is 0 Å². The summed E-state index contributed by atoms with van der Waals surface area (Å²) >= 11 is 0. The topological polar surface area (TPSA) is 40.5 Å². The summed E-state index contributed by atoms with van der Waals surface area (Å²) in [5.74, 6) is -1.11. The van der Waals surface area contributed by atoms with E-state index in [1.807, 2.05) is 0 Å². The van der Waals surface area contributed by atoms with Crippen LogP contribution in [-0.4, -0.2) is 24.2 Å². The molecule has 0 aromatic heterocycles. The van der Waals surface area contributed by atoms with Crippen molar-refractivity contribution >= 4 is 11.7 Å². The number of carbonyl (C=O) groups is 1. The fourth-order valence-corrected chi connectivity index (χ4v) is 2.47. The van der Waals surface area contributed by atoms with E-state index in [0.717, 1.165) is 37.5 Å². The van der Waals surface area contributed by atoms with Crippen LogP contribution in [0.25, 0.3) is 0 Å². The molecule has 4 heteroatoms. The molecule has 0 bridgehead atoms. The van der Waals surface area contributed by atoms with E-state index in [9.17, 15) is 9.18 Å². The molecule has 1 N–H and O–H groups in total. The van der Waals surface area contributed by atoms with E-state index < -0.39 is 11.8 Å². The first-order valence-corrected chi connectivity index (χ1v) is 6.39. The van der Waals surface area contributed by atoms with Gasteiger partial charge in [-0.1, -0.05) is 13.3 Å². The van der Waals surface area contributed by atoms with Crippen LogP contribution in [0.3, 0.4) is 0 Å². The van der Waals surface area contributed by atoms with Gasteiger partial charge in [-0.3, -0.25) is 0 Å². The molecule has 1 aromatic rings. The van der Waals surface area contributed by atoms with Crippen LogP contribution in [0.15, 0.2) is 18.2 Å². The van der Waals surface area contributed by atoms with Crippen LogP contribution in [0.2, 0.25) is 0 Å². The number of piperidine rings is 1. The van der Waals surface area contributed by atoms with Crippen molar-refractivity contribution in [1.29, 1.82) is 0 Å². The Morgan fingerprint density at radius 1 is 1.44 bits per heavy atom. The van der Waals surface area contributed by atoms with Gasteiger partial charge in [0.05, 0.1) is 5.56 Å². The van der Waals surface area contributed by atoms with Crippen molar-refractivity contribution in [2.75, 3.05) is 18.0 Å². The molecule has 1 aliphatic heterocycles. The zero-order valence-electron chi connectivity index (χ0n) is 10.5. The molecule has 1 heterocycles. The van der Waals surface area contributed by atoms with Gasteiger partial charge in [-0.05, 0) is 37.0 Å². The Morgan fingerprint density at radius 2 is 2.11 bits per heavy atom. The minimum Gasteiger partial charge on any atom is -0.478 e. The molecule has 2 rings (SSSR count). The smallest absolute Gasteiger partial charge is 0.338 e. The molecule has 98 valence electrons. The zero-order chi connectivity index (χ0) is 13.1. The highest BCUT2D eigenvalue weighted by Gasteiger charge is 2.19. The fraction of sp³-hybridized carbons (Fsp3) is 0.500. The number of benzene rings is 1. The number of rotatable bonds is 3. The molecular formula is C14H18FNO2. The monoisotopic (exact) mass is 251 g/mol. The van der Waals surface area contributed by atoms with E-state index in [1.54, 1.807) is 6.07 Å². The Kier molecular flexibility index (Phi) is 3.84. The van der Waals surface area contributed by atoms with Crippen molar-refractivity contribution in [1.82, 2.24) is 0 Å². The van der Waals surface area contributed by atoms with E-state index >= 15 is 0 Å². The summed E-state index contributed by atoms with van der Waals surface area (Å²) < 4.78 is 13.6. The molecule has 0 atom stereocenters. The summed E-state index contributed by atoms with van der Waals surface area (Å²) in [6.45, 7) is 4.04. The lowest BCUT2D eigenvalue weighted by atomic mass is 9.94. The molecule has 18 heavy (non-hydrogen) atoms. The number of anilines is 1. The Labute approximate surface area is 106 Å². The highest BCUT2D eigenvalue weighted by Crippen LogP contribution is 2.26. The number of halogens is 1. The first-order chi connectivity index (χ1) is 8.61. The molecule has 1 aliphatic rings. The van der Waals surface area contributed by atoms with Gasteiger partial charge in [0.1, 0.15) is 5.82 Å². The summed E-state index contributed by atoms with van der Waals surface area (Å²) in [6, 6.07) is 4.37. The third kappa shape index (κ3) is 2.63. The van der Waals surface area contributed by atoms with E-state index in [0.29, 0.717) is 0 Å². The number of hydrogen-bond acceptors (Lipinski definition) is 2. The Bertz CT molecular complexity index is 439. The number of hydrogen-bond donors (Lipinski definition) is 1. The van der Waals surface area contributed by atoms with Crippen molar-refractivity contribution in [3.63, 3.8) is 0 Å². The zero-order valence-corrected chi connectivity index (χ0v) is 10.5. The number of carboxylic acid groups (broad SMARTS) is 1. The highest BCUT2D eigenvalue weighted by atomic mass is 19.1. The maximum Gasteiger partial charge on any atom is 0.338 e. The lowest BCUT2D eigenvalue weighted by molar-refractivity contribution is 0.0692. The molecule has 1 aromatic carbocycles. The van der Waals surface area contributed by atoms with Gasteiger partial charge in [0.15, 0.2) is 0 Å². The van der Waals surface area contributed by atoms with Crippen LogP contribution in [0.4, 0.5) is 10.1 Å². The van der Waals surface area contributed by atoms with Gasteiger partial charge in [0, 0.05) is 18.8 Å². The molecule has 0 aliphatic carbocycles. The molecule has 0 radical (unpaired) electrons. The van der Waals surface area contributed by atoms with Gasteiger partial charge < -0.3 is 10.0 Å². The Balaban J connectivity index is 2.11. The lowest BCUT2D eigenvalue weighted by Gasteiger charge is -2.33. The number of aromatic carboxylic acids is 1. The normalized spacial score (nSPS) is 16.9. The predicted octanol–water partition coefficient (Wildman–Crippen LogP) is 3.15. The van der Waals surface area contributed by atoms with Crippen LogP contribution >= 0.6 is 0 Å². The van der Waals surface area contributed by atoms with Crippen molar-refractivity contribution in [2.45, 2.75) is 26.2 Å². The van der Waals surface area contributed by atoms with Crippen LogP contribution in [-0.2, 0) is 0 Å². The van der Waals surface area contributed by atoms with Crippen LogP contribution in [0.5, 0.6) is 0 Å². The summed E-state index contributed by atoms with van der Waals surface area (Å²) in [5.41, 5.74) is 0.522. The van der Waals surface area contributed by atoms with E-state index in [2.05, 4.69) is 11.8 Å². The van der Waals surface area contributed by atoms with E-state index in [-0.39, 0.29) is 5.56 Å². The number of carboxylic acids is 1. The quantitative estimate of drug-likeness (QED) is 0.897. The van der Waals surface area contributed by atoms with Gasteiger partial charge in [-0.15, -0.1) is 0 Å². The third-order valence-corrected chi connectivity index (χ3v) is 3.74. The third-order valence-electron chi connectivity index (χ3n) is 3.74. The van der Waals surface area contributed by atoms with Gasteiger partial charge in [0.25, 0.3) is 0 Å². The van der Waals surface area contributed by atoms with Crippen LogP contribution < -0.4 is 4.90 Å². The highest BCUT2D eigenvalue weighted by molar-refractivity contribution is 5.88. The van der Waals surface area contributed by atoms with E-state index in [4.69, 9.17) is 5.11 Å². The van der Waals surface area contributed by atoms with Crippen LogP contribution in [0, 0.1) is 11.7 Å². The van der Waals surface area contributed by atoms with Gasteiger partial charge in [-0.25, -0.2) is 9.18 Å². The standard InChI is InChI=1S/C14H18FNO2/c1-2-10-5-7-16(8-6-10)11-3-4-12(14(17)18)13(15)9-11/h3-4,9-10H,2,5-8H2,1H3,(H,17,18). The second kappa shape index (κ2) is 5.38. The molecule has 0 spiro atoms. The maximum atomic E-state index is 13.6. The minimum absolute atomic E-state index is 0.262. The Morgan fingerprint density at radius 3 is 2.61 bits per heavy atom. The molecule has 0 saturated carbocycles. The molecule has 0 unspecified atom stereocenters. The molecule has 1 fully saturated rings. The minimum atomic E-state index is -1.22. The molecular weight excluding hydrogens is 233 g/mol. The summed E-state index contributed by atoms with van der Waals surface area (Å²) in [6.07, 6.45) is 3.44. The summed E-state index contributed by atoms with van der Waals surface area (Å²) in [4.78, 5) is 12.9. The second-order valence-corrected chi connectivity index (χ2v) is 4.81. The van der Waals surface area contributed by atoms with Crippen molar-refractivity contribution in [3.05, 3.63) is 29.6 Å². The first-order valence-electron chi connectivity index (χ1n) is 6.39. The van der Waals surface area contributed by atoms with E-state index in [1.165, 1.54) is 18.6 Å². The average Bonchev–Trinajstić information content (AvgIpc) is 2.38. The van der Waals surface area contributed by atoms with Crippen molar-refractivity contribution < 1.29 is 14.3 Å².